The number of aromatic nitrogens is 2. The molecule has 0 aliphatic carbocycles. The van der Waals surface area contributed by atoms with E-state index in [-0.39, 0.29) is 12.5 Å². The van der Waals surface area contributed by atoms with Crippen LogP contribution in [0.1, 0.15) is 17.0 Å². The van der Waals surface area contributed by atoms with E-state index >= 15 is 0 Å². The molecule has 3 rings (SSSR count). The van der Waals surface area contributed by atoms with E-state index in [0.717, 1.165) is 16.7 Å². The molecule has 0 saturated carbocycles. The fraction of sp³-hybridized carbons (Fsp3) is 0.105. The van der Waals surface area contributed by atoms with Crippen LogP contribution in [0.2, 0.25) is 0 Å². The van der Waals surface area contributed by atoms with E-state index in [1.165, 1.54) is 6.08 Å². The Morgan fingerprint density at radius 3 is 2.62 bits per heavy atom. The number of benzene rings is 2. The van der Waals surface area contributed by atoms with Crippen molar-refractivity contribution in [2.75, 3.05) is 0 Å². The third-order valence-electron chi connectivity index (χ3n) is 3.41. The summed E-state index contributed by atoms with van der Waals surface area (Å²) < 4.78 is 10.6. The van der Waals surface area contributed by atoms with Crippen molar-refractivity contribution in [3.63, 3.8) is 0 Å². The summed E-state index contributed by atoms with van der Waals surface area (Å²) in [4.78, 5) is 11.8. The van der Waals surface area contributed by atoms with Gasteiger partial charge in [-0.2, -0.15) is 0 Å². The van der Waals surface area contributed by atoms with E-state index in [1.807, 2.05) is 61.5 Å². The Balaban J connectivity index is 1.57. The lowest BCUT2D eigenvalue weighted by molar-refractivity contribution is -0.139. The summed E-state index contributed by atoms with van der Waals surface area (Å²) in [6.07, 6.45) is 3.11. The summed E-state index contributed by atoms with van der Waals surface area (Å²) in [5.74, 6) is 0.196. The lowest BCUT2D eigenvalue weighted by Crippen LogP contribution is -2.01. The molecule has 0 aliphatic heterocycles. The van der Waals surface area contributed by atoms with Crippen molar-refractivity contribution in [1.29, 1.82) is 0 Å². The van der Waals surface area contributed by atoms with Gasteiger partial charge in [-0.15, -0.1) is 10.2 Å². The van der Waals surface area contributed by atoms with Gasteiger partial charge in [-0.25, -0.2) is 4.79 Å². The van der Waals surface area contributed by atoms with Gasteiger partial charge in [-0.05, 0) is 36.3 Å². The third kappa shape index (κ3) is 3.95. The molecule has 0 bridgehead atoms. The van der Waals surface area contributed by atoms with Gasteiger partial charge in [0.1, 0.15) is 0 Å². The minimum absolute atomic E-state index is 0.0588. The number of nitrogens with zero attached hydrogens (tertiary/aromatic N) is 2. The molecule has 3 aromatic rings. The van der Waals surface area contributed by atoms with Gasteiger partial charge in [-0.1, -0.05) is 42.5 Å². The molecule has 0 N–H and O–H groups in total. The molecule has 120 valence electrons. The normalized spacial score (nSPS) is 10.9. The van der Waals surface area contributed by atoms with Crippen LogP contribution in [0.25, 0.3) is 17.5 Å². The highest BCUT2D eigenvalue weighted by molar-refractivity contribution is 5.87. The molecule has 1 aromatic heterocycles. The molecule has 0 atom stereocenters. The first-order valence-electron chi connectivity index (χ1n) is 7.50. The van der Waals surface area contributed by atoms with E-state index in [9.17, 15) is 4.79 Å². The molecule has 0 spiro atoms. The van der Waals surface area contributed by atoms with Crippen molar-refractivity contribution in [2.45, 2.75) is 13.5 Å². The summed E-state index contributed by atoms with van der Waals surface area (Å²) in [7, 11) is 0. The smallest absolute Gasteiger partial charge is 0.331 e. The first-order chi connectivity index (χ1) is 11.7. The molecule has 0 fully saturated rings. The predicted octanol–water partition coefficient (Wildman–Crippen LogP) is 3.80. The van der Waals surface area contributed by atoms with Crippen molar-refractivity contribution in [2.24, 2.45) is 0 Å². The van der Waals surface area contributed by atoms with E-state index in [0.29, 0.717) is 5.89 Å². The number of hydrogen-bond acceptors (Lipinski definition) is 5. The third-order valence-corrected chi connectivity index (χ3v) is 3.41. The zero-order chi connectivity index (χ0) is 16.8. The first-order valence-corrected chi connectivity index (χ1v) is 7.50. The highest BCUT2D eigenvalue weighted by atomic mass is 16.5. The number of ether oxygens (including phenoxy) is 1. The van der Waals surface area contributed by atoms with Crippen molar-refractivity contribution < 1.29 is 13.9 Å². The van der Waals surface area contributed by atoms with Crippen LogP contribution in [0.4, 0.5) is 0 Å². The second-order valence-corrected chi connectivity index (χ2v) is 5.16. The topological polar surface area (TPSA) is 65.2 Å². The summed E-state index contributed by atoms with van der Waals surface area (Å²) >= 11 is 0. The van der Waals surface area contributed by atoms with Crippen LogP contribution in [0.3, 0.4) is 0 Å². The number of carbonyl (C=O) groups is 1. The largest absolute Gasteiger partial charge is 0.452 e. The van der Waals surface area contributed by atoms with Gasteiger partial charge in [-0.3, -0.25) is 0 Å². The fourth-order valence-corrected chi connectivity index (χ4v) is 2.12. The molecule has 5 nitrogen and oxygen atoms in total. The predicted molar refractivity (Wildman–Crippen MR) is 89.7 cm³/mol. The lowest BCUT2D eigenvalue weighted by Gasteiger charge is -1.99. The zero-order valence-electron chi connectivity index (χ0n) is 13.2. The van der Waals surface area contributed by atoms with E-state index in [4.69, 9.17) is 9.15 Å². The fourth-order valence-electron chi connectivity index (χ4n) is 2.12. The highest BCUT2D eigenvalue weighted by Crippen LogP contribution is 2.17. The average Bonchev–Trinajstić information content (AvgIpc) is 3.09. The Morgan fingerprint density at radius 2 is 1.83 bits per heavy atom. The summed E-state index contributed by atoms with van der Waals surface area (Å²) in [6.45, 7) is 1.92. The van der Waals surface area contributed by atoms with E-state index in [1.54, 1.807) is 6.08 Å². The second kappa shape index (κ2) is 7.37. The standard InChI is InChI=1S/C19H16N2O3/c1-14-7-5-6-8-15(14)11-12-18(22)23-13-17-20-21-19(24-17)16-9-3-2-4-10-16/h2-12H,13H2,1H3/b12-11+. The van der Waals surface area contributed by atoms with Crippen LogP contribution < -0.4 is 0 Å². The van der Waals surface area contributed by atoms with Crippen molar-refractivity contribution in [3.8, 4) is 11.5 Å². The van der Waals surface area contributed by atoms with Gasteiger partial charge in [0.25, 0.3) is 5.89 Å². The van der Waals surface area contributed by atoms with Gasteiger partial charge in [0.05, 0.1) is 0 Å². The van der Waals surface area contributed by atoms with Gasteiger partial charge in [0.2, 0.25) is 5.89 Å². The van der Waals surface area contributed by atoms with Crippen LogP contribution in [-0.4, -0.2) is 16.2 Å². The maximum absolute atomic E-state index is 11.8. The van der Waals surface area contributed by atoms with Crippen molar-refractivity contribution in [3.05, 3.63) is 77.7 Å². The molecule has 1 heterocycles. The average molecular weight is 320 g/mol. The molecule has 0 aliphatic rings. The van der Waals surface area contributed by atoms with Gasteiger partial charge in [0, 0.05) is 11.6 Å². The summed E-state index contributed by atoms with van der Waals surface area (Å²) in [5.41, 5.74) is 2.88. The van der Waals surface area contributed by atoms with Gasteiger partial charge in [0.15, 0.2) is 6.61 Å². The Labute approximate surface area is 139 Å². The van der Waals surface area contributed by atoms with Crippen molar-refractivity contribution >= 4 is 12.0 Å². The minimum atomic E-state index is -0.460. The van der Waals surface area contributed by atoms with Gasteiger partial charge < -0.3 is 9.15 Å². The molecule has 24 heavy (non-hydrogen) atoms. The Hall–Kier alpha value is -3.21. The number of carbonyl (C=O) groups excluding carboxylic acids is 1. The maximum atomic E-state index is 11.8. The molecule has 5 heteroatoms. The van der Waals surface area contributed by atoms with Crippen LogP contribution in [-0.2, 0) is 16.1 Å². The van der Waals surface area contributed by atoms with E-state index < -0.39 is 5.97 Å². The molecule has 0 unspecified atom stereocenters. The summed E-state index contributed by atoms with van der Waals surface area (Å²) in [6, 6.07) is 17.2. The number of hydrogen-bond donors (Lipinski definition) is 0. The SMILES string of the molecule is Cc1ccccc1/C=C/C(=O)OCc1nnc(-c2ccccc2)o1. The second-order valence-electron chi connectivity index (χ2n) is 5.16. The lowest BCUT2D eigenvalue weighted by atomic mass is 10.1. The first kappa shape index (κ1) is 15.7. The van der Waals surface area contributed by atoms with Gasteiger partial charge >= 0.3 is 5.97 Å². The van der Waals surface area contributed by atoms with Crippen LogP contribution in [0.15, 0.2) is 65.1 Å². The molecular weight excluding hydrogens is 304 g/mol. The summed E-state index contributed by atoms with van der Waals surface area (Å²) in [5, 5.41) is 7.82. The molecule has 0 radical (unpaired) electrons. The van der Waals surface area contributed by atoms with Crippen LogP contribution in [0.5, 0.6) is 0 Å². The Morgan fingerprint density at radius 1 is 1.08 bits per heavy atom. The highest BCUT2D eigenvalue weighted by Gasteiger charge is 2.09. The molecule has 0 saturated heterocycles. The van der Waals surface area contributed by atoms with Crippen molar-refractivity contribution in [1.82, 2.24) is 10.2 Å². The Kier molecular flexibility index (Phi) is 4.81. The minimum Gasteiger partial charge on any atom is -0.452 e. The monoisotopic (exact) mass is 320 g/mol. The molecular formula is C19H16N2O3. The number of esters is 1. The zero-order valence-corrected chi connectivity index (χ0v) is 13.2. The molecule has 0 amide bonds. The quantitative estimate of drug-likeness (QED) is 0.528. The maximum Gasteiger partial charge on any atom is 0.331 e. The Bertz CT molecular complexity index is 854. The van der Waals surface area contributed by atoms with Crippen LogP contribution >= 0.6 is 0 Å². The number of rotatable bonds is 5. The van der Waals surface area contributed by atoms with E-state index in [2.05, 4.69) is 10.2 Å². The molecule has 2 aromatic carbocycles. The number of aryl methyl sites for hydroxylation is 1. The van der Waals surface area contributed by atoms with Crippen LogP contribution in [0, 0.1) is 6.92 Å².